The summed E-state index contributed by atoms with van der Waals surface area (Å²) in [6.45, 7) is 5.37. The number of likely N-dealkylation sites (N-methyl/N-ethyl adjacent to an activating group) is 1. The summed E-state index contributed by atoms with van der Waals surface area (Å²) in [4.78, 5) is 2.93. The largest absolute Gasteiger partial charge is 0.310 e. The van der Waals surface area contributed by atoms with E-state index in [-0.39, 0.29) is 0 Å². The number of nitrogens with one attached hydrogen (secondary N) is 1. The maximum Gasteiger partial charge on any atom is 0.0369 e. The van der Waals surface area contributed by atoms with Gasteiger partial charge in [0.25, 0.3) is 0 Å². The summed E-state index contributed by atoms with van der Waals surface area (Å²) in [6.07, 6.45) is 2.20. The van der Waals surface area contributed by atoms with Crippen molar-refractivity contribution in [3.8, 4) is 0 Å². The van der Waals surface area contributed by atoms with Crippen LogP contribution >= 0.6 is 27.3 Å². The van der Waals surface area contributed by atoms with Crippen LogP contribution in [0.15, 0.2) is 40.9 Å². The Bertz CT molecular complexity index is 521. The van der Waals surface area contributed by atoms with E-state index in [1.165, 1.54) is 15.3 Å². The van der Waals surface area contributed by atoms with E-state index >= 15 is 0 Å². The summed E-state index contributed by atoms with van der Waals surface area (Å²) < 4.78 is 1.15. The zero-order chi connectivity index (χ0) is 13.7. The summed E-state index contributed by atoms with van der Waals surface area (Å²) >= 11 is 5.49. The lowest BCUT2D eigenvalue weighted by atomic mass is 10.0. The minimum Gasteiger partial charge on any atom is -0.310 e. The quantitative estimate of drug-likeness (QED) is 0.784. The third-order valence-corrected chi connectivity index (χ3v) is 4.92. The molecular formula is C16H20BrNS. The van der Waals surface area contributed by atoms with E-state index in [1.807, 2.05) is 11.3 Å². The van der Waals surface area contributed by atoms with Gasteiger partial charge in [0.1, 0.15) is 0 Å². The first kappa shape index (κ1) is 14.8. The molecule has 1 atom stereocenters. The van der Waals surface area contributed by atoms with Gasteiger partial charge >= 0.3 is 0 Å². The molecule has 0 radical (unpaired) electrons. The fourth-order valence-electron chi connectivity index (χ4n) is 2.20. The van der Waals surface area contributed by atoms with Gasteiger partial charge in [0, 0.05) is 26.7 Å². The molecule has 1 unspecified atom stereocenters. The third-order valence-electron chi connectivity index (χ3n) is 3.17. The van der Waals surface area contributed by atoms with Gasteiger partial charge in [0.05, 0.1) is 0 Å². The Hall–Kier alpha value is -0.640. The van der Waals surface area contributed by atoms with E-state index in [4.69, 9.17) is 0 Å². The predicted octanol–water partition coefficient (Wildman–Crippen LogP) is 4.97. The van der Waals surface area contributed by atoms with Gasteiger partial charge in [-0.1, -0.05) is 41.9 Å². The van der Waals surface area contributed by atoms with Crippen LogP contribution in [0.4, 0.5) is 0 Å². The molecule has 0 aliphatic heterocycles. The highest BCUT2D eigenvalue weighted by atomic mass is 79.9. The highest BCUT2D eigenvalue weighted by molar-refractivity contribution is 9.10. The highest BCUT2D eigenvalue weighted by Gasteiger charge is 2.12. The first-order valence-electron chi connectivity index (χ1n) is 6.79. The number of hydrogen-bond donors (Lipinski definition) is 1. The molecule has 102 valence electrons. The number of aryl methyl sites for hydroxylation is 1. The van der Waals surface area contributed by atoms with Gasteiger partial charge in [0.2, 0.25) is 0 Å². The van der Waals surface area contributed by atoms with Gasteiger partial charge in [-0.2, -0.15) is 0 Å². The molecule has 19 heavy (non-hydrogen) atoms. The Labute approximate surface area is 128 Å². The van der Waals surface area contributed by atoms with Gasteiger partial charge in [-0.05, 0) is 42.8 Å². The molecule has 0 spiro atoms. The van der Waals surface area contributed by atoms with Crippen molar-refractivity contribution in [3.63, 3.8) is 0 Å². The molecule has 1 N–H and O–H groups in total. The molecule has 0 aliphatic rings. The number of benzene rings is 1. The molecule has 0 amide bonds. The first-order chi connectivity index (χ1) is 9.22. The zero-order valence-corrected chi connectivity index (χ0v) is 13.9. The molecule has 3 heteroatoms. The molecule has 0 saturated heterocycles. The van der Waals surface area contributed by atoms with Crippen molar-refractivity contribution < 1.29 is 0 Å². The van der Waals surface area contributed by atoms with E-state index in [2.05, 4.69) is 71.5 Å². The van der Waals surface area contributed by atoms with Crippen molar-refractivity contribution in [2.45, 2.75) is 32.7 Å². The SMILES string of the molecule is CCNC(Cc1ccc(CC)s1)c1cccc(Br)c1. The van der Waals surface area contributed by atoms with Crippen LogP contribution in [0.2, 0.25) is 0 Å². The third kappa shape index (κ3) is 4.16. The van der Waals surface area contributed by atoms with Crippen LogP contribution in [-0.2, 0) is 12.8 Å². The van der Waals surface area contributed by atoms with E-state index in [0.717, 1.165) is 23.9 Å². The van der Waals surface area contributed by atoms with Crippen molar-refractivity contribution in [2.75, 3.05) is 6.54 Å². The van der Waals surface area contributed by atoms with Crippen molar-refractivity contribution in [1.82, 2.24) is 5.32 Å². The van der Waals surface area contributed by atoms with E-state index in [1.54, 1.807) is 0 Å². The van der Waals surface area contributed by atoms with Crippen LogP contribution in [0.3, 0.4) is 0 Å². The average Bonchev–Trinajstić information content (AvgIpc) is 2.86. The Morgan fingerprint density at radius 2 is 1.95 bits per heavy atom. The van der Waals surface area contributed by atoms with E-state index < -0.39 is 0 Å². The van der Waals surface area contributed by atoms with E-state index in [9.17, 15) is 0 Å². The summed E-state index contributed by atoms with van der Waals surface area (Å²) in [5.74, 6) is 0. The molecule has 0 fully saturated rings. The lowest BCUT2D eigenvalue weighted by molar-refractivity contribution is 0.553. The molecule has 0 aliphatic carbocycles. The number of rotatable bonds is 6. The monoisotopic (exact) mass is 337 g/mol. The molecule has 2 rings (SSSR count). The molecule has 1 aromatic carbocycles. The standard InChI is InChI=1S/C16H20BrNS/c1-3-14-8-9-15(19-14)11-16(18-4-2)12-6-5-7-13(17)10-12/h5-10,16,18H,3-4,11H2,1-2H3. The fraction of sp³-hybridized carbons (Fsp3) is 0.375. The smallest absolute Gasteiger partial charge is 0.0369 e. The fourth-order valence-corrected chi connectivity index (χ4v) is 3.62. The van der Waals surface area contributed by atoms with Gasteiger partial charge in [-0.25, -0.2) is 0 Å². The van der Waals surface area contributed by atoms with Crippen molar-refractivity contribution in [1.29, 1.82) is 0 Å². The minimum atomic E-state index is 0.394. The second kappa shape index (κ2) is 7.22. The maximum atomic E-state index is 3.59. The van der Waals surface area contributed by atoms with Crippen LogP contribution in [0.5, 0.6) is 0 Å². The molecular weight excluding hydrogens is 318 g/mol. The Morgan fingerprint density at radius 3 is 2.58 bits per heavy atom. The first-order valence-corrected chi connectivity index (χ1v) is 8.40. The van der Waals surface area contributed by atoms with Crippen LogP contribution in [-0.4, -0.2) is 6.54 Å². The van der Waals surface area contributed by atoms with Crippen LogP contribution in [0, 0.1) is 0 Å². The molecule has 1 nitrogen and oxygen atoms in total. The Kier molecular flexibility index (Phi) is 5.61. The van der Waals surface area contributed by atoms with Gasteiger partial charge < -0.3 is 5.32 Å². The lowest BCUT2D eigenvalue weighted by Crippen LogP contribution is -2.22. The van der Waals surface area contributed by atoms with Crippen molar-refractivity contribution in [3.05, 3.63) is 56.2 Å². The van der Waals surface area contributed by atoms with E-state index in [0.29, 0.717) is 6.04 Å². The number of thiophene rings is 1. The van der Waals surface area contributed by atoms with Gasteiger partial charge in [0.15, 0.2) is 0 Å². The second-order valence-corrected chi connectivity index (χ2v) is 6.76. The minimum absolute atomic E-state index is 0.394. The Balaban J connectivity index is 2.15. The van der Waals surface area contributed by atoms with Gasteiger partial charge in [-0.15, -0.1) is 11.3 Å². The molecule has 1 heterocycles. The summed E-state index contributed by atoms with van der Waals surface area (Å²) in [6, 6.07) is 13.5. The number of hydrogen-bond acceptors (Lipinski definition) is 2. The normalized spacial score (nSPS) is 12.6. The van der Waals surface area contributed by atoms with Crippen molar-refractivity contribution in [2.24, 2.45) is 0 Å². The lowest BCUT2D eigenvalue weighted by Gasteiger charge is -2.18. The number of halogens is 1. The second-order valence-electron chi connectivity index (χ2n) is 4.59. The molecule has 2 aromatic rings. The summed E-state index contributed by atoms with van der Waals surface area (Å²) in [5.41, 5.74) is 1.35. The average molecular weight is 338 g/mol. The van der Waals surface area contributed by atoms with Crippen LogP contribution < -0.4 is 5.32 Å². The Morgan fingerprint density at radius 1 is 1.16 bits per heavy atom. The summed E-state index contributed by atoms with van der Waals surface area (Å²) in [7, 11) is 0. The van der Waals surface area contributed by atoms with Crippen LogP contribution in [0.1, 0.15) is 35.2 Å². The predicted molar refractivity (Wildman–Crippen MR) is 88.0 cm³/mol. The summed E-state index contributed by atoms with van der Waals surface area (Å²) in [5, 5.41) is 3.59. The zero-order valence-electron chi connectivity index (χ0n) is 11.4. The highest BCUT2D eigenvalue weighted by Crippen LogP contribution is 2.25. The molecule has 1 aromatic heterocycles. The van der Waals surface area contributed by atoms with Crippen LogP contribution in [0.25, 0.3) is 0 Å². The van der Waals surface area contributed by atoms with Gasteiger partial charge in [-0.3, -0.25) is 0 Å². The maximum absolute atomic E-state index is 3.59. The molecule has 0 saturated carbocycles. The van der Waals surface area contributed by atoms with Crippen molar-refractivity contribution >= 4 is 27.3 Å². The topological polar surface area (TPSA) is 12.0 Å². The molecule has 0 bridgehead atoms.